The predicted molar refractivity (Wildman–Crippen MR) is 102 cm³/mol. The fraction of sp³-hybridized carbons (Fsp3) is 0.316. The molecule has 24 heavy (non-hydrogen) atoms. The van der Waals surface area contributed by atoms with Crippen molar-refractivity contribution < 1.29 is 4.79 Å². The summed E-state index contributed by atoms with van der Waals surface area (Å²) in [6.45, 7) is 2.93. The fourth-order valence-electron chi connectivity index (χ4n) is 2.48. The molecule has 0 fully saturated rings. The Bertz CT molecular complexity index is 716. The van der Waals surface area contributed by atoms with Crippen molar-refractivity contribution in [2.75, 3.05) is 37.9 Å². The van der Waals surface area contributed by atoms with Crippen molar-refractivity contribution in [1.29, 1.82) is 0 Å². The molecule has 1 amide bonds. The standard InChI is InChI=1S/C19H24ClN3O/c1-14-17(20)9-6-10-18(14)21-19(24)13-23(4)12-15-7-5-8-16(11-15)22(2)3/h5-11H,12-13H2,1-4H3,(H,21,24). The van der Waals surface area contributed by atoms with E-state index in [0.29, 0.717) is 18.1 Å². The number of amides is 1. The van der Waals surface area contributed by atoms with Crippen LogP contribution in [0.5, 0.6) is 0 Å². The highest BCUT2D eigenvalue weighted by molar-refractivity contribution is 6.31. The summed E-state index contributed by atoms with van der Waals surface area (Å²) in [5, 5.41) is 3.58. The Morgan fingerprint density at radius 2 is 1.83 bits per heavy atom. The van der Waals surface area contributed by atoms with Crippen LogP contribution in [0.25, 0.3) is 0 Å². The minimum Gasteiger partial charge on any atom is -0.378 e. The van der Waals surface area contributed by atoms with Crippen LogP contribution < -0.4 is 10.2 Å². The van der Waals surface area contributed by atoms with Gasteiger partial charge in [-0.05, 0) is 49.4 Å². The lowest BCUT2D eigenvalue weighted by Crippen LogP contribution is -2.30. The number of rotatable bonds is 6. The summed E-state index contributed by atoms with van der Waals surface area (Å²) in [4.78, 5) is 16.3. The first-order valence-electron chi connectivity index (χ1n) is 7.86. The van der Waals surface area contributed by atoms with Crippen LogP contribution in [0.2, 0.25) is 5.02 Å². The maximum absolute atomic E-state index is 12.2. The van der Waals surface area contributed by atoms with Gasteiger partial charge >= 0.3 is 0 Å². The summed E-state index contributed by atoms with van der Waals surface area (Å²) in [6.07, 6.45) is 0. The van der Waals surface area contributed by atoms with Crippen molar-refractivity contribution in [3.63, 3.8) is 0 Å². The van der Waals surface area contributed by atoms with Gasteiger partial charge in [0.05, 0.1) is 6.54 Å². The smallest absolute Gasteiger partial charge is 0.238 e. The van der Waals surface area contributed by atoms with Gasteiger partial charge in [0.1, 0.15) is 0 Å². The summed E-state index contributed by atoms with van der Waals surface area (Å²) in [5.41, 5.74) is 3.97. The number of carbonyl (C=O) groups excluding carboxylic acids is 1. The predicted octanol–water partition coefficient (Wildman–Crippen LogP) is 3.78. The number of likely N-dealkylation sites (N-methyl/N-ethyl adjacent to an activating group) is 1. The largest absolute Gasteiger partial charge is 0.378 e. The monoisotopic (exact) mass is 345 g/mol. The highest BCUT2D eigenvalue weighted by Gasteiger charge is 2.10. The number of nitrogens with one attached hydrogen (secondary N) is 1. The molecule has 0 spiro atoms. The number of hydrogen-bond acceptors (Lipinski definition) is 3. The summed E-state index contributed by atoms with van der Waals surface area (Å²) in [6, 6.07) is 13.8. The summed E-state index contributed by atoms with van der Waals surface area (Å²) in [7, 11) is 5.97. The highest BCUT2D eigenvalue weighted by Crippen LogP contribution is 2.22. The molecule has 0 aromatic heterocycles. The maximum Gasteiger partial charge on any atom is 0.238 e. The van der Waals surface area contributed by atoms with Crippen LogP contribution in [-0.2, 0) is 11.3 Å². The van der Waals surface area contributed by atoms with Crippen molar-refractivity contribution in [2.24, 2.45) is 0 Å². The SMILES string of the molecule is Cc1c(Cl)cccc1NC(=O)CN(C)Cc1cccc(N(C)C)c1. The third-order valence-corrected chi connectivity index (χ3v) is 4.24. The first-order chi connectivity index (χ1) is 11.4. The lowest BCUT2D eigenvalue weighted by molar-refractivity contribution is -0.117. The maximum atomic E-state index is 12.2. The van der Waals surface area contributed by atoms with Crippen LogP contribution in [-0.4, -0.2) is 38.5 Å². The molecule has 0 bridgehead atoms. The molecule has 0 aliphatic heterocycles. The molecule has 128 valence electrons. The number of nitrogens with zero attached hydrogens (tertiary/aromatic N) is 2. The number of halogens is 1. The molecule has 2 rings (SSSR count). The molecule has 1 N–H and O–H groups in total. The molecule has 0 radical (unpaired) electrons. The van der Waals surface area contributed by atoms with Gasteiger partial charge in [0.2, 0.25) is 5.91 Å². The average molecular weight is 346 g/mol. The van der Waals surface area contributed by atoms with Crippen LogP contribution in [0, 0.1) is 6.92 Å². The van der Waals surface area contributed by atoms with Crippen LogP contribution in [0.4, 0.5) is 11.4 Å². The molecule has 0 aliphatic carbocycles. The van der Waals surface area contributed by atoms with Gasteiger partial charge in [-0.3, -0.25) is 9.69 Å². The Morgan fingerprint density at radius 1 is 1.12 bits per heavy atom. The van der Waals surface area contributed by atoms with Gasteiger partial charge in [-0.2, -0.15) is 0 Å². The van der Waals surface area contributed by atoms with Crippen molar-refractivity contribution in [3.05, 3.63) is 58.6 Å². The minimum absolute atomic E-state index is 0.0494. The van der Waals surface area contributed by atoms with Gasteiger partial charge in [0, 0.05) is 37.0 Å². The fourth-order valence-corrected chi connectivity index (χ4v) is 2.65. The van der Waals surface area contributed by atoms with E-state index in [1.807, 2.05) is 57.2 Å². The van der Waals surface area contributed by atoms with Crippen molar-refractivity contribution in [1.82, 2.24) is 4.90 Å². The van der Waals surface area contributed by atoms with E-state index in [-0.39, 0.29) is 5.91 Å². The van der Waals surface area contributed by atoms with Gasteiger partial charge in [-0.25, -0.2) is 0 Å². The average Bonchev–Trinajstić information content (AvgIpc) is 2.51. The lowest BCUT2D eigenvalue weighted by Gasteiger charge is -2.19. The molecule has 0 saturated heterocycles. The van der Waals surface area contributed by atoms with Crippen LogP contribution >= 0.6 is 11.6 Å². The summed E-state index contributed by atoms with van der Waals surface area (Å²) < 4.78 is 0. The molecule has 0 saturated carbocycles. The van der Waals surface area contributed by atoms with Crippen LogP contribution in [0.1, 0.15) is 11.1 Å². The Morgan fingerprint density at radius 3 is 2.54 bits per heavy atom. The van der Waals surface area contributed by atoms with E-state index in [0.717, 1.165) is 16.9 Å². The highest BCUT2D eigenvalue weighted by atomic mass is 35.5. The van der Waals surface area contributed by atoms with Gasteiger partial charge in [-0.15, -0.1) is 0 Å². The topological polar surface area (TPSA) is 35.6 Å². The third-order valence-electron chi connectivity index (χ3n) is 3.83. The Hall–Kier alpha value is -2.04. The van der Waals surface area contributed by atoms with E-state index in [4.69, 9.17) is 11.6 Å². The van der Waals surface area contributed by atoms with Crippen molar-refractivity contribution >= 4 is 28.9 Å². The van der Waals surface area contributed by atoms with Crippen molar-refractivity contribution in [3.8, 4) is 0 Å². The second kappa shape index (κ2) is 8.18. The molecule has 4 nitrogen and oxygen atoms in total. The number of carbonyl (C=O) groups is 1. The second-order valence-corrected chi connectivity index (χ2v) is 6.60. The van der Waals surface area contributed by atoms with Crippen LogP contribution in [0.3, 0.4) is 0 Å². The lowest BCUT2D eigenvalue weighted by atomic mass is 10.2. The number of benzene rings is 2. The quantitative estimate of drug-likeness (QED) is 0.865. The first kappa shape index (κ1) is 18.3. The Kier molecular flexibility index (Phi) is 6.23. The number of anilines is 2. The minimum atomic E-state index is -0.0494. The summed E-state index contributed by atoms with van der Waals surface area (Å²) in [5.74, 6) is -0.0494. The van der Waals surface area contributed by atoms with Gasteiger partial charge < -0.3 is 10.2 Å². The summed E-state index contributed by atoms with van der Waals surface area (Å²) >= 11 is 6.08. The zero-order chi connectivity index (χ0) is 17.7. The number of hydrogen-bond donors (Lipinski definition) is 1. The third kappa shape index (κ3) is 4.98. The molecule has 2 aromatic rings. The molecule has 0 heterocycles. The molecule has 2 aromatic carbocycles. The van der Waals surface area contributed by atoms with E-state index in [1.165, 1.54) is 5.56 Å². The van der Waals surface area contributed by atoms with Crippen LogP contribution in [0.15, 0.2) is 42.5 Å². The van der Waals surface area contributed by atoms with E-state index < -0.39 is 0 Å². The molecule has 0 atom stereocenters. The molecule has 0 aliphatic rings. The molecule has 5 heteroatoms. The van der Waals surface area contributed by atoms with E-state index >= 15 is 0 Å². The molecule has 0 unspecified atom stereocenters. The van der Waals surface area contributed by atoms with Gasteiger partial charge in [0.15, 0.2) is 0 Å². The van der Waals surface area contributed by atoms with E-state index in [1.54, 1.807) is 0 Å². The molecular formula is C19H24ClN3O. The zero-order valence-corrected chi connectivity index (χ0v) is 15.4. The second-order valence-electron chi connectivity index (χ2n) is 6.20. The molecular weight excluding hydrogens is 322 g/mol. The Labute approximate surface area is 149 Å². The normalized spacial score (nSPS) is 10.8. The van der Waals surface area contributed by atoms with Crippen molar-refractivity contribution in [2.45, 2.75) is 13.5 Å². The van der Waals surface area contributed by atoms with E-state index in [9.17, 15) is 4.79 Å². The Balaban J connectivity index is 1.94. The van der Waals surface area contributed by atoms with Gasteiger partial charge in [0.25, 0.3) is 0 Å². The van der Waals surface area contributed by atoms with Gasteiger partial charge in [-0.1, -0.05) is 29.8 Å². The zero-order valence-electron chi connectivity index (χ0n) is 14.6. The van der Waals surface area contributed by atoms with E-state index in [2.05, 4.69) is 28.4 Å². The first-order valence-corrected chi connectivity index (χ1v) is 8.24.